The molecule has 5 heteroatoms. The van der Waals surface area contributed by atoms with Gasteiger partial charge in [-0.15, -0.1) is 0 Å². The molecule has 1 aromatic rings. The summed E-state index contributed by atoms with van der Waals surface area (Å²) in [7, 11) is 0. The third-order valence-corrected chi connectivity index (χ3v) is 2.74. The van der Waals surface area contributed by atoms with Gasteiger partial charge in [-0.3, -0.25) is 0 Å². The van der Waals surface area contributed by atoms with E-state index in [1.165, 1.54) is 0 Å². The Kier molecular flexibility index (Phi) is 3.49. The van der Waals surface area contributed by atoms with Crippen molar-refractivity contribution in [2.24, 2.45) is 5.16 Å². The fraction of sp³-hybridized carbons (Fsp3) is 0.300. The fourth-order valence-electron chi connectivity index (χ4n) is 1.23. The Morgan fingerprint density at radius 3 is 3.00 bits per heavy atom. The van der Waals surface area contributed by atoms with Crippen molar-refractivity contribution in [2.75, 3.05) is 6.61 Å². The van der Waals surface area contributed by atoms with Gasteiger partial charge in [0.05, 0.1) is 5.02 Å². The van der Waals surface area contributed by atoms with Crippen LogP contribution in [-0.4, -0.2) is 17.3 Å². The molecule has 1 aromatic carbocycles. The van der Waals surface area contributed by atoms with Gasteiger partial charge in [-0.25, -0.2) is 0 Å². The Balaban J connectivity index is 1.86. The largest absolute Gasteiger partial charge is 0.488 e. The SMILES string of the molecule is Clc1ccccc1OCC1CC(Br)=NO1. The Morgan fingerprint density at radius 1 is 1.53 bits per heavy atom. The molecule has 0 saturated heterocycles. The van der Waals surface area contributed by atoms with Gasteiger partial charge in [-0.2, -0.15) is 0 Å². The molecule has 1 aliphatic heterocycles. The quantitative estimate of drug-likeness (QED) is 0.856. The molecule has 3 nitrogen and oxygen atoms in total. The molecule has 1 aliphatic rings. The summed E-state index contributed by atoms with van der Waals surface area (Å²) in [5, 5.41) is 4.38. The first-order chi connectivity index (χ1) is 7.25. The second kappa shape index (κ2) is 4.86. The van der Waals surface area contributed by atoms with Gasteiger partial charge in [0, 0.05) is 6.42 Å². The normalized spacial score (nSPS) is 19.6. The Bertz CT molecular complexity index is 383. The third kappa shape index (κ3) is 2.86. The molecule has 1 atom stereocenters. The van der Waals surface area contributed by atoms with Gasteiger partial charge in [0.1, 0.15) is 17.0 Å². The lowest BCUT2D eigenvalue weighted by atomic mass is 10.3. The number of rotatable bonds is 3. The average molecular weight is 291 g/mol. The number of benzene rings is 1. The van der Waals surface area contributed by atoms with Crippen molar-refractivity contribution in [1.29, 1.82) is 0 Å². The van der Waals surface area contributed by atoms with E-state index in [1.54, 1.807) is 6.07 Å². The molecule has 15 heavy (non-hydrogen) atoms. The van der Waals surface area contributed by atoms with Crippen LogP contribution in [0, 0.1) is 0 Å². The predicted molar refractivity (Wildman–Crippen MR) is 62.8 cm³/mol. The Labute approximate surface area is 101 Å². The molecule has 0 aliphatic carbocycles. The van der Waals surface area contributed by atoms with Crippen LogP contribution in [-0.2, 0) is 4.84 Å². The van der Waals surface area contributed by atoms with Crippen LogP contribution in [0.15, 0.2) is 29.4 Å². The van der Waals surface area contributed by atoms with Gasteiger partial charge in [-0.05, 0) is 28.1 Å². The van der Waals surface area contributed by atoms with E-state index in [9.17, 15) is 0 Å². The smallest absolute Gasteiger partial charge is 0.167 e. The number of halogens is 2. The highest BCUT2D eigenvalue weighted by atomic mass is 79.9. The summed E-state index contributed by atoms with van der Waals surface area (Å²) >= 11 is 9.20. The zero-order chi connectivity index (χ0) is 10.7. The molecule has 2 rings (SSSR count). The van der Waals surface area contributed by atoms with E-state index in [0.29, 0.717) is 17.4 Å². The summed E-state index contributed by atoms with van der Waals surface area (Å²) in [6.07, 6.45) is 0.709. The minimum atomic E-state index is -0.0318. The molecular formula is C10H9BrClNO2. The first kappa shape index (κ1) is 10.8. The average Bonchev–Trinajstić information content (AvgIpc) is 2.63. The van der Waals surface area contributed by atoms with Crippen molar-refractivity contribution in [3.8, 4) is 5.75 Å². The number of hydrogen-bond donors (Lipinski definition) is 0. The van der Waals surface area contributed by atoms with Gasteiger partial charge in [0.25, 0.3) is 0 Å². The van der Waals surface area contributed by atoms with Gasteiger partial charge < -0.3 is 9.57 Å². The molecule has 80 valence electrons. The number of hydrogen-bond acceptors (Lipinski definition) is 3. The van der Waals surface area contributed by atoms with Crippen LogP contribution < -0.4 is 4.74 Å². The molecule has 0 amide bonds. The summed E-state index contributed by atoms with van der Waals surface area (Å²) in [4.78, 5) is 5.10. The summed E-state index contributed by atoms with van der Waals surface area (Å²) in [6, 6.07) is 7.36. The van der Waals surface area contributed by atoms with Crippen molar-refractivity contribution in [1.82, 2.24) is 0 Å². The molecule has 0 radical (unpaired) electrons. The van der Waals surface area contributed by atoms with E-state index < -0.39 is 0 Å². The molecule has 1 heterocycles. The van der Waals surface area contributed by atoms with Crippen LogP contribution in [0.1, 0.15) is 6.42 Å². The summed E-state index contributed by atoms with van der Waals surface area (Å²) < 4.78 is 6.33. The molecule has 0 aromatic heterocycles. The zero-order valence-electron chi connectivity index (χ0n) is 7.82. The van der Waals surface area contributed by atoms with E-state index in [1.807, 2.05) is 18.2 Å². The minimum absolute atomic E-state index is 0.0318. The highest BCUT2D eigenvalue weighted by molar-refractivity contribution is 9.18. The third-order valence-electron chi connectivity index (χ3n) is 1.96. The van der Waals surface area contributed by atoms with E-state index >= 15 is 0 Å². The Morgan fingerprint density at radius 2 is 2.33 bits per heavy atom. The van der Waals surface area contributed by atoms with Crippen molar-refractivity contribution in [3.63, 3.8) is 0 Å². The van der Waals surface area contributed by atoms with Gasteiger partial charge in [0.2, 0.25) is 0 Å². The number of ether oxygens (including phenoxy) is 1. The van der Waals surface area contributed by atoms with E-state index in [4.69, 9.17) is 21.2 Å². The van der Waals surface area contributed by atoms with Crippen molar-refractivity contribution < 1.29 is 9.57 Å². The maximum Gasteiger partial charge on any atom is 0.167 e. The number of nitrogens with zero attached hydrogens (tertiary/aromatic N) is 1. The summed E-state index contributed by atoms with van der Waals surface area (Å²) in [5.74, 6) is 0.672. The monoisotopic (exact) mass is 289 g/mol. The van der Waals surface area contributed by atoms with Crippen LogP contribution in [0.4, 0.5) is 0 Å². The lowest BCUT2D eigenvalue weighted by Crippen LogP contribution is -2.17. The first-order valence-corrected chi connectivity index (χ1v) is 5.68. The van der Waals surface area contributed by atoms with Crippen LogP contribution in [0.2, 0.25) is 5.02 Å². The van der Waals surface area contributed by atoms with Crippen molar-refractivity contribution in [3.05, 3.63) is 29.3 Å². The summed E-state index contributed by atoms with van der Waals surface area (Å²) in [6.45, 7) is 0.447. The van der Waals surface area contributed by atoms with Gasteiger partial charge in [0.15, 0.2) is 6.10 Å². The zero-order valence-corrected chi connectivity index (χ0v) is 10.2. The van der Waals surface area contributed by atoms with E-state index in [-0.39, 0.29) is 6.10 Å². The van der Waals surface area contributed by atoms with Crippen LogP contribution in [0.3, 0.4) is 0 Å². The maximum absolute atomic E-state index is 5.93. The standard InChI is InChI=1S/C10H9BrClNO2/c11-10-5-7(15-13-10)6-14-9-4-2-1-3-8(9)12/h1-4,7H,5-6H2. The molecular weight excluding hydrogens is 281 g/mol. The molecule has 0 fully saturated rings. The van der Waals surface area contributed by atoms with Crippen molar-refractivity contribution in [2.45, 2.75) is 12.5 Å². The van der Waals surface area contributed by atoms with Crippen molar-refractivity contribution >= 4 is 32.2 Å². The lowest BCUT2D eigenvalue weighted by Gasteiger charge is -2.11. The molecule has 0 spiro atoms. The first-order valence-electron chi connectivity index (χ1n) is 4.51. The van der Waals surface area contributed by atoms with Crippen LogP contribution in [0.5, 0.6) is 5.75 Å². The van der Waals surface area contributed by atoms with Crippen LogP contribution >= 0.6 is 27.5 Å². The fourth-order valence-corrected chi connectivity index (χ4v) is 1.86. The molecule has 0 bridgehead atoms. The molecule has 0 N–H and O–H groups in total. The highest BCUT2D eigenvalue weighted by Crippen LogP contribution is 2.24. The topological polar surface area (TPSA) is 30.8 Å². The van der Waals surface area contributed by atoms with Crippen LogP contribution in [0.25, 0.3) is 0 Å². The molecule has 1 unspecified atom stereocenters. The second-order valence-corrected chi connectivity index (χ2v) is 4.46. The van der Waals surface area contributed by atoms with Gasteiger partial charge in [-0.1, -0.05) is 28.9 Å². The predicted octanol–water partition coefficient (Wildman–Crippen LogP) is 3.22. The number of para-hydroxylation sites is 1. The number of oxime groups is 1. The molecule has 0 saturated carbocycles. The highest BCUT2D eigenvalue weighted by Gasteiger charge is 2.20. The lowest BCUT2D eigenvalue weighted by molar-refractivity contribution is 0.0471. The second-order valence-electron chi connectivity index (χ2n) is 3.14. The van der Waals surface area contributed by atoms with Gasteiger partial charge >= 0.3 is 0 Å². The summed E-state index contributed by atoms with van der Waals surface area (Å²) in [5.41, 5.74) is 0. The minimum Gasteiger partial charge on any atom is -0.488 e. The maximum atomic E-state index is 5.93. The van der Waals surface area contributed by atoms with E-state index in [0.717, 1.165) is 11.0 Å². The Hall–Kier alpha value is -0.740. The van der Waals surface area contributed by atoms with E-state index in [2.05, 4.69) is 21.1 Å².